The van der Waals surface area contributed by atoms with Gasteiger partial charge in [-0.05, 0) is 42.2 Å². The molecule has 0 atom stereocenters. The van der Waals surface area contributed by atoms with Crippen molar-refractivity contribution in [2.24, 2.45) is 11.8 Å². The van der Waals surface area contributed by atoms with Crippen molar-refractivity contribution in [3.8, 4) is 17.2 Å². The number of carbonyl (C=O) groups excluding carboxylic acids is 1. The highest BCUT2D eigenvalue weighted by Crippen LogP contribution is 2.42. The summed E-state index contributed by atoms with van der Waals surface area (Å²) in [7, 11) is 0. The van der Waals surface area contributed by atoms with Gasteiger partial charge in [0.05, 0.1) is 15.6 Å². The predicted molar refractivity (Wildman–Crippen MR) is 124 cm³/mol. The molecule has 170 valence electrons. The molecule has 1 amide bonds. The van der Waals surface area contributed by atoms with Crippen LogP contribution in [0.15, 0.2) is 30.3 Å². The molecule has 0 radical (unpaired) electrons. The second kappa shape index (κ2) is 9.30. The Kier molecular flexibility index (Phi) is 6.91. The van der Waals surface area contributed by atoms with Crippen molar-refractivity contribution >= 4 is 46.0 Å². The summed E-state index contributed by atoms with van der Waals surface area (Å²) < 4.78 is 5.85. The highest BCUT2D eigenvalue weighted by molar-refractivity contribution is 6.41. The average molecular weight is 479 g/mol. The molecule has 1 aromatic heterocycles. The van der Waals surface area contributed by atoms with E-state index >= 15 is 0 Å². The van der Waals surface area contributed by atoms with Crippen LogP contribution in [0.2, 0.25) is 10.0 Å². The third-order valence-corrected chi connectivity index (χ3v) is 5.83. The van der Waals surface area contributed by atoms with Crippen LogP contribution in [0.5, 0.6) is 17.2 Å². The van der Waals surface area contributed by atoms with Crippen molar-refractivity contribution in [1.82, 2.24) is 10.3 Å². The number of carbonyl (C=O) groups is 2. The van der Waals surface area contributed by atoms with Crippen LogP contribution in [-0.4, -0.2) is 33.1 Å². The van der Waals surface area contributed by atoms with Gasteiger partial charge in [0.25, 0.3) is 5.91 Å². The molecule has 3 aromatic rings. The van der Waals surface area contributed by atoms with Crippen LogP contribution in [0.25, 0.3) is 10.9 Å². The number of aromatic carboxylic acids is 1. The number of amides is 1. The lowest BCUT2D eigenvalue weighted by molar-refractivity contribution is 0.0691. The zero-order valence-corrected chi connectivity index (χ0v) is 19.5. The number of ether oxygens (including phenoxy) is 1. The zero-order valence-electron chi connectivity index (χ0n) is 18.0. The van der Waals surface area contributed by atoms with Gasteiger partial charge in [0.15, 0.2) is 5.75 Å². The van der Waals surface area contributed by atoms with Crippen LogP contribution >= 0.6 is 23.2 Å². The molecular formula is C23H24Cl2N2O5. The molecule has 0 fully saturated rings. The van der Waals surface area contributed by atoms with Crippen molar-refractivity contribution in [1.29, 1.82) is 0 Å². The van der Waals surface area contributed by atoms with E-state index in [1.807, 2.05) is 27.7 Å². The highest BCUT2D eigenvalue weighted by Gasteiger charge is 2.23. The highest BCUT2D eigenvalue weighted by atomic mass is 35.5. The summed E-state index contributed by atoms with van der Waals surface area (Å²) in [5.74, 6) is -0.989. The molecule has 0 saturated heterocycles. The number of halogens is 2. The van der Waals surface area contributed by atoms with E-state index in [1.54, 1.807) is 0 Å². The number of phenolic OH excluding ortho intramolecular Hbond substituents is 1. The van der Waals surface area contributed by atoms with Gasteiger partial charge in [0.2, 0.25) is 0 Å². The number of aromatic nitrogens is 1. The molecule has 9 heteroatoms. The quantitative estimate of drug-likeness (QED) is 0.328. The first kappa shape index (κ1) is 23.8. The molecule has 32 heavy (non-hydrogen) atoms. The average Bonchev–Trinajstić information content (AvgIpc) is 3.14. The Morgan fingerprint density at radius 2 is 1.72 bits per heavy atom. The van der Waals surface area contributed by atoms with E-state index < -0.39 is 11.9 Å². The molecule has 0 aliphatic heterocycles. The standard InChI is InChI=1S/C23H24Cl2N2O5/c1-10(2)20(11(3)4)27-22(29)14-7-12(5-6-18(14)28)32-21-15(24)9-16-13(19(21)25)8-17(26-16)23(30)31/h5-11,20,26,28H,1-4H3,(H,27,29)(H,30,31). The Labute approximate surface area is 195 Å². The molecule has 1 heterocycles. The summed E-state index contributed by atoms with van der Waals surface area (Å²) in [5.41, 5.74) is 0.462. The van der Waals surface area contributed by atoms with Crippen LogP contribution in [-0.2, 0) is 0 Å². The number of rotatable bonds is 7. The van der Waals surface area contributed by atoms with Crippen LogP contribution in [0, 0.1) is 11.8 Å². The van der Waals surface area contributed by atoms with E-state index in [0.29, 0.717) is 10.9 Å². The minimum Gasteiger partial charge on any atom is -0.507 e. The number of aromatic hydroxyl groups is 1. The van der Waals surface area contributed by atoms with Gasteiger partial charge in [-0.1, -0.05) is 50.9 Å². The number of carboxylic acids is 1. The summed E-state index contributed by atoms with van der Waals surface area (Å²) >= 11 is 12.7. The summed E-state index contributed by atoms with van der Waals surface area (Å²) in [6.07, 6.45) is 0. The Morgan fingerprint density at radius 3 is 2.31 bits per heavy atom. The number of H-pyrrole nitrogens is 1. The monoisotopic (exact) mass is 478 g/mol. The molecular weight excluding hydrogens is 455 g/mol. The maximum absolute atomic E-state index is 12.8. The van der Waals surface area contributed by atoms with E-state index in [2.05, 4.69) is 10.3 Å². The topological polar surface area (TPSA) is 112 Å². The molecule has 4 N–H and O–H groups in total. The molecule has 0 saturated carbocycles. The van der Waals surface area contributed by atoms with Crippen molar-refractivity contribution in [3.05, 3.63) is 51.6 Å². The fraction of sp³-hybridized carbons (Fsp3) is 0.304. The van der Waals surface area contributed by atoms with Crippen LogP contribution < -0.4 is 10.1 Å². The zero-order chi connectivity index (χ0) is 23.7. The van der Waals surface area contributed by atoms with E-state index in [9.17, 15) is 19.8 Å². The second-order valence-corrected chi connectivity index (χ2v) is 9.00. The van der Waals surface area contributed by atoms with Gasteiger partial charge in [-0.3, -0.25) is 4.79 Å². The van der Waals surface area contributed by atoms with Crippen molar-refractivity contribution in [3.63, 3.8) is 0 Å². The van der Waals surface area contributed by atoms with Gasteiger partial charge in [-0.2, -0.15) is 0 Å². The van der Waals surface area contributed by atoms with Crippen molar-refractivity contribution in [2.75, 3.05) is 0 Å². The number of benzene rings is 2. The molecule has 3 rings (SSSR count). The molecule has 0 unspecified atom stereocenters. The lowest BCUT2D eigenvalue weighted by Crippen LogP contribution is -2.42. The molecule has 0 aliphatic carbocycles. The SMILES string of the molecule is CC(C)C(NC(=O)c1cc(Oc2c(Cl)cc3[nH]c(C(=O)O)cc3c2Cl)ccc1O)C(C)C. The van der Waals surface area contributed by atoms with Crippen molar-refractivity contribution < 1.29 is 24.5 Å². The summed E-state index contributed by atoms with van der Waals surface area (Å²) in [4.78, 5) is 26.8. The third kappa shape index (κ3) is 4.79. The second-order valence-electron chi connectivity index (χ2n) is 8.22. The fourth-order valence-corrected chi connectivity index (χ4v) is 4.19. The lowest BCUT2D eigenvalue weighted by Gasteiger charge is -2.26. The molecule has 0 spiro atoms. The summed E-state index contributed by atoms with van der Waals surface area (Å²) in [6.45, 7) is 8.06. The lowest BCUT2D eigenvalue weighted by atomic mass is 9.93. The number of phenols is 1. The Bertz CT molecular complexity index is 1180. The van der Waals surface area contributed by atoms with E-state index in [-0.39, 0.29) is 56.4 Å². The Hall–Kier alpha value is -2.90. The number of carboxylic acid groups (broad SMARTS) is 1. The van der Waals surface area contributed by atoms with Crippen LogP contribution in [0.3, 0.4) is 0 Å². The van der Waals surface area contributed by atoms with Gasteiger partial charge < -0.3 is 25.3 Å². The van der Waals surface area contributed by atoms with Gasteiger partial charge in [0.1, 0.15) is 17.2 Å². The Morgan fingerprint density at radius 1 is 1.06 bits per heavy atom. The first-order valence-electron chi connectivity index (χ1n) is 10.0. The minimum absolute atomic E-state index is 0.0384. The van der Waals surface area contributed by atoms with Crippen LogP contribution in [0.4, 0.5) is 0 Å². The van der Waals surface area contributed by atoms with Gasteiger partial charge in [-0.15, -0.1) is 0 Å². The van der Waals surface area contributed by atoms with Crippen molar-refractivity contribution in [2.45, 2.75) is 33.7 Å². The van der Waals surface area contributed by atoms with E-state index in [1.165, 1.54) is 30.3 Å². The molecule has 7 nitrogen and oxygen atoms in total. The summed E-state index contributed by atoms with van der Waals surface area (Å²) in [6, 6.07) is 7.05. The smallest absolute Gasteiger partial charge is 0.352 e. The number of fused-ring (bicyclic) bond motifs is 1. The van der Waals surface area contributed by atoms with Crippen LogP contribution in [0.1, 0.15) is 48.5 Å². The first-order chi connectivity index (χ1) is 15.0. The number of aromatic amines is 1. The maximum atomic E-state index is 12.8. The molecule has 0 bridgehead atoms. The molecule has 0 aliphatic rings. The first-order valence-corrected chi connectivity index (χ1v) is 10.8. The number of nitrogens with one attached hydrogen (secondary N) is 2. The maximum Gasteiger partial charge on any atom is 0.352 e. The van der Waals surface area contributed by atoms with Gasteiger partial charge in [0, 0.05) is 16.9 Å². The summed E-state index contributed by atoms with van der Waals surface area (Å²) in [5, 5.41) is 23.1. The normalized spacial score (nSPS) is 11.5. The largest absolute Gasteiger partial charge is 0.507 e. The van der Waals surface area contributed by atoms with E-state index in [0.717, 1.165) is 0 Å². The van der Waals surface area contributed by atoms with Gasteiger partial charge >= 0.3 is 5.97 Å². The predicted octanol–water partition coefficient (Wildman–Crippen LogP) is 6.08. The number of hydrogen-bond acceptors (Lipinski definition) is 4. The fourth-order valence-electron chi connectivity index (χ4n) is 3.60. The third-order valence-electron chi connectivity index (χ3n) is 5.17. The number of hydrogen-bond donors (Lipinski definition) is 4. The Balaban J connectivity index is 1.94. The van der Waals surface area contributed by atoms with E-state index in [4.69, 9.17) is 27.9 Å². The minimum atomic E-state index is -1.13. The molecule has 2 aromatic carbocycles. The van der Waals surface area contributed by atoms with Gasteiger partial charge in [-0.25, -0.2) is 4.79 Å².